The highest BCUT2D eigenvalue weighted by molar-refractivity contribution is 6.17. The molecule has 6 heteroatoms. The molecule has 4 heterocycles. The van der Waals surface area contributed by atoms with E-state index < -0.39 is 0 Å². The van der Waals surface area contributed by atoms with Gasteiger partial charge in [0.05, 0.1) is 38.8 Å². The van der Waals surface area contributed by atoms with Crippen LogP contribution >= 0.6 is 0 Å². The Morgan fingerprint density at radius 2 is 0.781 bits per heavy atom. The van der Waals surface area contributed by atoms with Gasteiger partial charge in [0.15, 0.2) is 11.6 Å². The molecule has 13 aromatic rings. The van der Waals surface area contributed by atoms with Crippen LogP contribution < -0.4 is 0 Å². The average Bonchev–Trinajstić information content (AvgIpc) is 4.00. The molecule has 0 aliphatic heterocycles. The van der Waals surface area contributed by atoms with Crippen molar-refractivity contribution >= 4 is 65.4 Å². The molecule has 64 heavy (non-hydrogen) atoms. The van der Waals surface area contributed by atoms with Gasteiger partial charge in [-0.2, -0.15) is 0 Å². The largest absolute Gasteiger partial charge is 0.309 e. The summed E-state index contributed by atoms with van der Waals surface area (Å²) in [5, 5.41) is 7.31. The highest BCUT2D eigenvalue weighted by Crippen LogP contribution is 2.43. The maximum absolute atomic E-state index is 4.90. The van der Waals surface area contributed by atoms with Crippen LogP contribution in [-0.4, -0.2) is 28.7 Å². The van der Waals surface area contributed by atoms with Gasteiger partial charge in [-0.1, -0.05) is 140 Å². The van der Waals surface area contributed by atoms with Gasteiger partial charge in [-0.15, -0.1) is 0 Å². The van der Waals surface area contributed by atoms with Gasteiger partial charge in [-0.05, 0) is 85.3 Å². The summed E-state index contributed by atoms with van der Waals surface area (Å²) in [6.07, 6.45) is 0. The van der Waals surface area contributed by atoms with E-state index >= 15 is 0 Å². The lowest BCUT2D eigenvalue weighted by Gasteiger charge is -2.15. The molecule has 0 N–H and O–H groups in total. The van der Waals surface area contributed by atoms with Gasteiger partial charge in [0, 0.05) is 60.4 Å². The smallest absolute Gasteiger partial charge is 0.163 e. The van der Waals surface area contributed by atoms with Crippen molar-refractivity contribution in [3.8, 4) is 51.0 Å². The van der Waals surface area contributed by atoms with Gasteiger partial charge in [0.2, 0.25) is 0 Å². The Labute approximate surface area is 368 Å². The topological polar surface area (TPSA) is 53.5 Å². The van der Waals surface area contributed by atoms with Crippen molar-refractivity contribution < 1.29 is 0 Å². The summed E-state index contributed by atoms with van der Waals surface area (Å²) in [4.78, 5) is 14.3. The summed E-state index contributed by atoms with van der Waals surface area (Å²) in [6, 6.07) is 76.2. The Morgan fingerprint density at radius 1 is 0.312 bits per heavy atom. The van der Waals surface area contributed by atoms with E-state index in [1.165, 1.54) is 59.9 Å². The van der Waals surface area contributed by atoms with Crippen molar-refractivity contribution in [2.45, 2.75) is 6.92 Å². The minimum Gasteiger partial charge on any atom is -0.309 e. The fourth-order valence-electron chi connectivity index (χ4n) is 10.0. The van der Waals surface area contributed by atoms with Gasteiger partial charge < -0.3 is 13.7 Å². The standard InChI is InChI=1S/C58H38N6/c1-37-59-57(38-16-4-2-5-17-38)61-58(60-37)39-30-33-42(34-31-39)62-50-26-11-8-20-44(50)47-24-14-23-43(55(47)62)40-32-35-53-49(36-40)46-22-10-13-28-52(46)64(53)54-29-15-25-48-45-21-9-12-27-51(45)63(56(48)54)41-18-6-3-7-19-41/h2-36H,1H3. The predicted molar refractivity (Wildman–Crippen MR) is 264 cm³/mol. The molecule has 0 aliphatic rings. The first-order chi connectivity index (χ1) is 31.7. The Kier molecular flexibility index (Phi) is 8.02. The van der Waals surface area contributed by atoms with Crippen LogP contribution in [0.4, 0.5) is 0 Å². The summed E-state index contributed by atoms with van der Waals surface area (Å²) in [6.45, 7) is 1.92. The number of rotatable bonds is 6. The van der Waals surface area contributed by atoms with Crippen molar-refractivity contribution in [2.24, 2.45) is 0 Å². The fourth-order valence-corrected chi connectivity index (χ4v) is 10.0. The molecule has 0 spiro atoms. The molecule has 300 valence electrons. The lowest BCUT2D eigenvalue weighted by atomic mass is 10.00. The molecule has 0 bridgehead atoms. The van der Waals surface area contributed by atoms with E-state index in [0.717, 1.165) is 44.8 Å². The van der Waals surface area contributed by atoms with E-state index in [1.807, 2.05) is 37.3 Å². The second-order valence-corrected chi connectivity index (χ2v) is 16.4. The molecule has 4 aromatic heterocycles. The summed E-state index contributed by atoms with van der Waals surface area (Å²) in [5.74, 6) is 2.02. The molecule has 0 unspecified atom stereocenters. The normalized spacial score (nSPS) is 11.8. The predicted octanol–water partition coefficient (Wildman–Crippen LogP) is 14.5. The minimum absolute atomic E-state index is 0.658. The zero-order valence-corrected chi connectivity index (χ0v) is 34.9. The average molecular weight is 819 g/mol. The molecule has 0 amide bonds. The third kappa shape index (κ3) is 5.49. The molecule has 13 rings (SSSR count). The van der Waals surface area contributed by atoms with Gasteiger partial charge in [-0.3, -0.25) is 0 Å². The zero-order valence-electron chi connectivity index (χ0n) is 34.9. The SMILES string of the molecule is Cc1nc(-c2ccccc2)nc(-c2ccc(-n3c4ccccc4c4cccc(-c5ccc6c(c5)c5ccccc5n6-c5cccc6c7ccccc7n(-c7ccccc7)c56)c43)cc2)n1. The van der Waals surface area contributed by atoms with E-state index in [4.69, 9.17) is 9.97 Å². The van der Waals surface area contributed by atoms with Crippen LogP contribution in [0, 0.1) is 6.92 Å². The maximum Gasteiger partial charge on any atom is 0.163 e. The second-order valence-electron chi connectivity index (χ2n) is 16.4. The number of nitrogens with zero attached hydrogens (tertiary/aromatic N) is 6. The third-order valence-corrected chi connectivity index (χ3v) is 12.8. The number of hydrogen-bond donors (Lipinski definition) is 0. The van der Waals surface area contributed by atoms with E-state index in [2.05, 4.69) is 201 Å². The van der Waals surface area contributed by atoms with Crippen LogP contribution in [0.1, 0.15) is 5.82 Å². The molecule has 0 atom stereocenters. The van der Waals surface area contributed by atoms with Crippen LogP contribution in [0.5, 0.6) is 0 Å². The first-order valence-electron chi connectivity index (χ1n) is 21.7. The van der Waals surface area contributed by atoms with Gasteiger partial charge >= 0.3 is 0 Å². The molecule has 0 saturated heterocycles. The lowest BCUT2D eigenvalue weighted by molar-refractivity contribution is 0.991. The monoisotopic (exact) mass is 818 g/mol. The van der Waals surface area contributed by atoms with Crippen LogP contribution in [-0.2, 0) is 0 Å². The molecule has 9 aromatic carbocycles. The highest BCUT2D eigenvalue weighted by Gasteiger charge is 2.22. The molecule has 0 aliphatic carbocycles. The van der Waals surface area contributed by atoms with E-state index in [-0.39, 0.29) is 0 Å². The van der Waals surface area contributed by atoms with E-state index in [9.17, 15) is 0 Å². The quantitative estimate of drug-likeness (QED) is 0.168. The Morgan fingerprint density at radius 3 is 1.45 bits per heavy atom. The van der Waals surface area contributed by atoms with Crippen molar-refractivity contribution in [1.29, 1.82) is 0 Å². The van der Waals surface area contributed by atoms with Gasteiger partial charge in [-0.25, -0.2) is 15.0 Å². The number of aromatic nitrogens is 6. The van der Waals surface area contributed by atoms with Crippen LogP contribution in [0.2, 0.25) is 0 Å². The zero-order chi connectivity index (χ0) is 42.3. The number of hydrogen-bond acceptors (Lipinski definition) is 3. The second kappa shape index (κ2) is 14.2. The first-order valence-corrected chi connectivity index (χ1v) is 21.7. The summed E-state index contributed by atoms with van der Waals surface area (Å²) in [5.41, 5.74) is 14.6. The number of aryl methyl sites for hydroxylation is 1. The molecular weight excluding hydrogens is 781 g/mol. The summed E-state index contributed by atoms with van der Waals surface area (Å²) >= 11 is 0. The molecule has 0 fully saturated rings. The first kappa shape index (κ1) is 36.1. The molecule has 0 radical (unpaired) electrons. The highest BCUT2D eigenvalue weighted by atomic mass is 15.1. The van der Waals surface area contributed by atoms with E-state index in [1.54, 1.807) is 0 Å². The van der Waals surface area contributed by atoms with Crippen LogP contribution in [0.15, 0.2) is 212 Å². The minimum atomic E-state index is 0.658. The van der Waals surface area contributed by atoms with Crippen molar-refractivity contribution in [1.82, 2.24) is 28.7 Å². The maximum atomic E-state index is 4.90. The Bertz CT molecular complexity index is 3950. The number of benzene rings is 9. The molecular formula is C58H38N6. The summed E-state index contributed by atoms with van der Waals surface area (Å²) < 4.78 is 7.30. The van der Waals surface area contributed by atoms with E-state index in [0.29, 0.717) is 17.5 Å². The molecule has 6 nitrogen and oxygen atoms in total. The molecule has 0 saturated carbocycles. The van der Waals surface area contributed by atoms with Gasteiger partial charge in [0.25, 0.3) is 0 Å². The van der Waals surface area contributed by atoms with Gasteiger partial charge in [0.1, 0.15) is 5.82 Å². The summed E-state index contributed by atoms with van der Waals surface area (Å²) in [7, 11) is 0. The third-order valence-electron chi connectivity index (χ3n) is 12.8. The van der Waals surface area contributed by atoms with Crippen molar-refractivity contribution in [3.63, 3.8) is 0 Å². The van der Waals surface area contributed by atoms with Crippen molar-refractivity contribution in [3.05, 3.63) is 218 Å². The Balaban J connectivity index is 1.000. The van der Waals surface area contributed by atoms with Crippen molar-refractivity contribution in [2.75, 3.05) is 0 Å². The lowest BCUT2D eigenvalue weighted by Crippen LogP contribution is -2.00. The van der Waals surface area contributed by atoms with Crippen LogP contribution in [0.25, 0.3) is 116 Å². The van der Waals surface area contributed by atoms with Crippen LogP contribution in [0.3, 0.4) is 0 Å². The fraction of sp³-hybridized carbons (Fsp3) is 0.0172. The number of fused-ring (bicyclic) bond motifs is 9. The Hall–Kier alpha value is -8.61. The number of para-hydroxylation sites is 6.